The predicted octanol–water partition coefficient (Wildman–Crippen LogP) is 1.70. The summed E-state index contributed by atoms with van der Waals surface area (Å²) in [6.07, 6.45) is 0.884. The van der Waals surface area contributed by atoms with Crippen LogP contribution in [-0.2, 0) is 0 Å². The van der Waals surface area contributed by atoms with Crippen LogP contribution in [0.25, 0.3) is 0 Å². The minimum atomic E-state index is -0.407. The van der Waals surface area contributed by atoms with Gasteiger partial charge in [-0.15, -0.1) is 0 Å². The number of likely N-dealkylation sites (N-methyl/N-ethyl adjacent to an activating group) is 1. The van der Waals surface area contributed by atoms with Crippen molar-refractivity contribution in [3.8, 4) is 6.07 Å². The molecule has 1 saturated heterocycles. The molecule has 1 aromatic carbocycles. The highest BCUT2D eigenvalue weighted by Crippen LogP contribution is 2.24. The first-order chi connectivity index (χ1) is 7.24. The number of para-hydroxylation sites is 1. The van der Waals surface area contributed by atoms with E-state index in [1.165, 1.54) is 0 Å². The fraction of sp³-hybridized carbons (Fsp3) is 0.417. The molecule has 0 saturated carbocycles. The van der Waals surface area contributed by atoms with Gasteiger partial charge in [-0.3, -0.25) is 0 Å². The van der Waals surface area contributed by atoms with Crippen LogP contribution in [0.5, 0.6) is 0 Å². The minimum Gasteiger partial charge on any atom is -0.366 e. The predicted molar refractivity (Wildman–Crippen MR) is 60.5 cm³/mol. The van der Waals surface area contributed by atoms with Crippen LogP contribution in [-0.4, -0.2) is 30.6 Å². The second kappa shape index (κ2) is 3.92. The van der Waals surface area contributed by atoms with Gasteiger partial charge in [-0.1, -0.05) is 18.2 Å². The van der Waals surface area contributed by atoms with E-state index in [4.69, 9.17) is 0 Å². The highest BCUT2D eigenvalue weighted by Gasteiger charge is 2.36. The summed E-state index contributed by atoms with van der Waals surface area (Å²) < 4.78 is 0. The normalized spacial score (nSPS) is 26.1. The maximum absolute atomic E-state index is 9.26. The summed E-state index contributed by atoms with van der Waals surface area (Å²) in [7, 11) is 2.05. The number of anilines is 1. The Morgan fingerprint density at radius 3 is 2.67 bits per heavy atom. The average Bonchev–Trinajstić information content (AvgIpc) is 2.62. The summed E-state index contributed by atoms with van der Waals surface area (Å²) in [5, 5.41) is 12.6. The summed E-state index contributed by atoms with van der Waals surface area (Å²) in [5.74, 6) is 0. The van der Waals surface area contributed by atoms with Gasteiger partial charge in [0.05, 0.1) is 6.07 Å². The van der Waals surface area contributed by atoms with E-state index in [2.05, 4.69) is 16.3 Å². The molecule has 1 heterocycles. The van der Waals surface area contributed by atoms with Gasteiger partial charge >= 0.3 is 0 Å². The van der Waals surface area contributed by atoms with Crippen molar-refractivity contribution >= 4 is 5.69 Å². The molecule has 78 valence electrons. The van der Waals surface area contributed by atoms with Crippen molar-refractivity contribution in [3.63, 3.8) is 0 Å². The Bertz CT molecular complexity index is 368. The van der Waals surface area contributed by atoms with Crippen LogP contribution in [0.15, 0.2) is 30.3 Å². The van der Waals surface area contributed by atoms with Gasteiger partial charge in [-0.05, 0) is 25.6 Å². The maximum atomic E-state index is 9.26. The molecule has 15 heavy (non-hydrogen) atoms. The summed E-state index contributed by atoms with van der Waals surface area (Å²) >= 11 is 0. The van der Waals surface area contributed by atoms with E-state index in [1.807, 2.05) is 37.4 Å². The van der Waals surface area contributed by atoms with Crippen molar-refractivity contribution in [3.05, 3.63) is 30.3 Å². The Morgan fingerprint density at radius 2 is 2.13 bits per heavy atom. The molecule has 0 aromatic heterocycles. The van der Waals surface area contributed by atoms with Gasteiger partial charge in [0.25, 0.3) is 0 Å². The van der Waals surface area contributed by atoms with Crippen LogP contribution in [0, 0.1) is 11.3 Å². The van der Waals surface area contributed by atoms with Gasteiger partial charge in [-0.2, -0.15) is 5.26 Å². The molecule has 0 aliphatic carbocycles. The highest BCUT2D eigenvalue weighted by molar-refractivity contribution is 5.48. The van der Waals surface area contributed by atoms with Gasteiger partial charge in [0.2, 0.25) is 0 Å². The lowest BCUT2D eigenvalue weighted by atomic mass is 10.0. The number of benzene rings is 1. The molecule has 1 atom stereocenters. The van der Waals surface area contributed by atoms with Gasteiger partial charge in [0, 0.05) is 18.8 Å². The van der Waals surface area contributed by atoms with E-state index in [0.717, 1.165) is 25.2 Å². The summed E-state index contributed by atoms with van der Waals surface area (Å²) in [6, 6.07) is 12.3. The number of nitriles is 1. The molecule has 3 heteroatoms. The fourth-order valence-electron chi connectivity index (χ4n) is 2.02. The van der Waals surface area contributed by atoms with Crippen molar-refractivity contribution in [1.29, 1.82) is 5.26 Å². The number of rotatable bonds is 2. The lowest BCUT2D eigenvalue weighted by molar-refractivity contribution is 0.403. The Morgan fingerprint density at radius 1 is 1.40 bits per heavy atom. The van der Waals surface area contributed by atoms with Gasteiger partial charge in [0.15, 0.2) is 0 Å². The summed E-state index contributed by atoms with van der Waals surface area (Å²) in [5.41, 5.74) is 0.616. The molecular formula is C12H15N3. The van der Waals surface area contributed by atoms with E-state index in [0.29, 0.717) is 0 Å². The number of nitrogens with one attached hydrogen (secondary N) is 1. The molecule has 0 bridgehead atoms. The number of likely N-dealkylation sites (tertiary alicyclic amines) is 1. The summed E-state index contributed by atoms with van der Waals surface area (Å²) in [4.78, 5) is 2.18. The third-order valence-electron chi connectivity index (χ3n) is 2.83. The first-order valence-electron chi connectivity index (χ1n) is 5.17. The molecule has 1 aliphatic rings. The number of nitrogens with zero attached hydrogens (tertiary/aromatic N) is 2. The molecule has 0 radical (unpaired) electrons. The second-order valence-corrected chi connectivity index (χ2v) is 4.17. The maximum Gasteiger partial charge on any atom is 0.139 e. The van der Waals surface area contributed by atoms with E-state index in [1.54, 1.807) is 0 Å². The van der Waals surface area contributed by atoms with E-state index >= 15 is 0 Å². The third kappa shape index (κ3) is 2.11. The topological polar surface area (TPSA) is 39.1 Å². The molecule has 2 rings (SSSR count). The molecule has 0 amide bonds. The standard InChI is InChI=1S/C12H15N3/c1-15-8-7-12(9-13,10-15)14-11-5-3-2-4-6-11/h2-6,14H,7-8,10H2,1H3. The Balaban J connectivity index is 2.14. The molecule has 3 nitrogen and oxygen atoms in total. The SMILES string of the molecule is CN1CCC(C#N)(Nc2ccccc2)C1. The third-order valence-corrected chi connectivity index (χ3v) is 2.83. The van der Waals surface area contributed by atoms with Crippen LogP contribution < -0.4 is 5.32 Å². The van der Waals surface area contributed by atoms with Crippen molar-refractivity contribution in [2.45, 2.75) is 12.0 Å². The Hall–Kier alpha value is -1.53. The Kier molecular flexibility index (Phi) is 2.61. The van der Waals surface area contributed by atoms with Crippen LogP contribution in [0.1, 0.15) is 6.42 Å². The smallest absolute Gasteiger partial charge is 0.139 e. The van der Waals surface area contributed by atoms with E-state index < -0.39 is 5.54 Å². The lowest BCUT2D eigenvalue weighted by Crippen LogP contribution is -2.39. The van der Waals surface area contributed by atoms with Crippen LogP contribution >= 0.6 is 0 Å². The van der Waals surface area contributed by atoms with E-state index in [-0.39, 0.29) is 0 Å². The quantitative estimate of drug-likeness (QED) is 0.791. The van der Waals surface area contributed by atoms with Gasteiger partial charge < -0.3 is 10.2 Å². The average molecular weight is 201 g/mol. The number of hydrogen-bond donors (Lipinski definition) is 1. The van der Waals surface area contributed by atoms with E-state index in [9.17, 15) is 5.26 Å². The Labute approximate surface area is 90.3 Å². The zero-order valence-electron chi connectivity index (χ0n) is 8.90. The lowest BCUT2D eigenvalue weighted by Gasteiger charge is -2.23. The van der Waals surface area contributed by atoms with Crippen LogP contribution in [0.3, 0.4) is 0 Å². The van der Waals surface area contributed by atoms with Crippen molar-refractivity contribution in [2.75, 3.05) is 25.5 Å². The van der Waals surface area contributed by atoms with Crippen LogP contribution in [0.4, 0.5) is 5.69 Å². The largest absolute Gasteiger partial charge is 0.366 e. The zero-order chi connectivity index (χ0) is 10.7. The highest BCUT2D eigenvalue weighted by atomic mass is 15.2. The molecule has 1 unspecified atom stereocenters. The monoisotopic (exact) mass is 201 g/mol. The second-order valence-electron chi connectivity index (χ2n) is 4.17. The fourth-order valence-corrected chi connectivity index (χ4v) is 2.02. The first-order valence-corrected chi connectivity index (χ1v) is 5.17. The summed E-state index contributed by atoms with van der Waals surface area (Å²) in [6.45, 7) is 1.77. The number of hydrogen-bond acceptors (Lipinski definition) is 3. The van der Waals surface area contributed by atoms with Crippen molar-refractivity contribution in [1.82, 2.24) is 4.90 Å². The molecule has 1 fully saturated rings. The molecule has 1 N–H and O–H groups in total. The van der Waals surface area contributed by atoms with Crippen molar-refractivity contribution in [2.24, 2.45) is 0 Å². The van der Waals surface area contributed by atoms with Crippen LogP contribution in [0.2, 0.25) is 0 Å². The van der Waals surface area contributed by atoms with Gasteiger partial charge in [-0.25, -0.2) is 0 Å². The minimum absolute atomic E-state index is 0.407. The molecule has 1 aliphatic heterocycles. The molecule has 1 aromatic rings. The van der Waals surface area contributed by atoms with Crippen molar-refractivity contribution < 1.29 is 0 Å². The van der Waals surface area contributed by atoms with Gasteiger partial charge in [0.1, 0.15) is 5.54 Å². The molecular weight excluding hydrogens is 186 g/mol. The first kappa shape index (κ1) is 10.0. The molecule has 0 spiro atoms. The zero-order valence-corrected chi connectivity index (χ0v) is 8.90.